The van der Waals surface area contributed by atoms with Gasteiger partial charge in [0.1, 0.15) is 4.88 Å². The minimum absolute atomic E-state index is 0.190. The number of carboxylic acid groups (broad SMARTS) is 1. The van der Waals surface area contributed by atoms with Crippen molar-refractivity contribution >= 4 is 22.4 Å². The molecule has 0 bridgehead atoms. The van der Waals surface area contributed by atoms with Gasteiger partial charge in [0.25, 0.3) is 0 Å². The van der Waals surface area contributed by atoms with E-state index in [0.717, 1.165) is 30.2 Å². The second-order valence-corrected chi connectivity index (χ2v) is 5.86. The molecule has 1 saturated carbocycles. The Kier molecular flexibility index (Phi) is 4.42. The Morgan fingerprint density at radius 2 is 2.32 bits per heavy atom. The van der Waals surface area contributed by atoms with E-state index in [1.165, 1.54) is 11.3 Å². The number of aromatic carboxylic acids is 1. The molecule has 0 aliphatic heterocycles. The van der Waals surface area contributed by atoms with Crippen LogP contribution < -0.4 is 4.90 Å². The van der Waals surface area contributed by atoms with Crippen LogP contribution in [0.1, 0.15) is 48.0 Å². The molecular formula is C13H20N2O3S. The number of aromatic nitrogens is 1. The number of carboxylic acids is 1. The van der Waals surface area contributed by atoms with Crippen molar-refractivity contribution in [1.82, 2.24) is 4.98 Å². The zero-order valence-corrected chi connectivity index (χ0v) is 12.4. The topological polar surface area (TPSA) is 62.7 Å². The van der Waals surface area contributed by atoms with Crippen LogP contribution in [0.25, 0.3) is 0 Å². The van der Waals surface area contributed by atoms with Crippen LogP contribution in [-0.4, -0.2) is 42.4 Å². The van der Waals surface area contributed by atoms with Crippen LogP contribution in [0.2, 0.25) is 0 Å². The van der Waals surface area contributed by atoms with E-state index in [9.17, 15) is 9.90 Å². The lowest BCUT2D eigenvalue weighted by Gasteiger charge is -2.26. The van der Waals surface area contributed by atoms with Gasteiger partial charge in [0.05, 0.1) is 18.3 Å². The van der Waals surface area contributed by atoms with Crippen LogP contribution in [0.5, 0.6) is 0 Å². The molecule has 6 heteroatoms. The van der Waals surface area contributed by atoms with Crippen LogP contribution in [0.3, 0.4) is 0 Å². The molecule has 0 spiro atoms. The fourth-order valence-corrected chi connectivity index (χ4v) is 3.35. The van der Waals surface area contributed by atoms with Gasteiger partial charge >= 0.3 is 5.97 Å². The number of nitrogens with zero attached hydrogens (tertiary/aromatic N) is 2. The Morgan fingerprint density at radius 1 is 1.63 bits per heavy atom. The summed E-state index contributed by atoms with van der Waals surface area (Å²) in [4.78, 5) is 18.4. The van der Waals surface area contributed by atoms with Crippen LogP contribution in [0.4, 0.5) is 5.13 Å². The van der Waals surface area contributed by atoms with E-state index in [4.69, 9.17) is 4.74 Å². The molecule has 0 radical (unpaired) electrons. The lowest BCUT2D eigenvalue weighted by atomic mass is 10.2. The van der Waals surface area contributed by atoms with Gasteiger partial charge < -0.3 is 14.7 Å². The molecule has 1 N–H and O–H groups in total. The van der Waals surface area contributed by atoms with Gasteiger partial charge in [0.15, 0.2) is 5.13 Å². The second-order valence-electron chi connectivity index (χ2n) is 4.88. The fraction of sp³-hybridized carbons (Fsp3) is 0.692. The molecule has 1 atom stereocenters. The van der Waals surface area contributed by atoms with Crippen LogP contribution in [-0.2, 0) is 4.74 Å². The molecular weight excluding hydrogens is 264 g/mol. The predicted molar refractivity (Wildman–Crippen MR) is 75.4 cm³/mol. The largest absolute Gasteiger partial charge is 0.477 e. The molecule has 1 aromatic heterocycles. The summed E-state index contributed by atoms with van der Waals surface area (Å²) in [7, 11) is 1.67. The number of anilines is 1. The van der Waals surface area contributed by atoms with Crippen molar-refractivity contribution in [1.29, 1.82) is 0 Å². The van der Waals surface area contributed by atoms with Gasteiger partial charge in [-0.2, -0.15) is 0 Å². The summed E-state index contributed by atoms with van der Waals surface area (Å²) in [5.41, 5.74) is 0.774. The molecule has 0 aromatic carbocycles. The fourth-order valence-electron chi connectivity index (χ4n) is 2.20. The van der Waals surface area contributed by atoms with E-state index in [0.29, 0.717) is 17.4 Å². The highest BCUT2D eigenvalue weighted by Crippen LogP contribution is 2.44. The monoisotopic (exact) mass is 284 g/mol. The van der Waals surface area contributed by atoms with Crippen molar-refractivity contribution in [3.8, 4) is 0 Å². The number of hydrogen-bond acceptors (Lipinski definition) is 5. The number of methoxy groups -OCH3 is 1. The van der Waals surface area contributed by atoms with Crippen molar-refractivity contribution in [3.05, 3.63) is 10.6 Å². The average Bonchev–Trinajstić information content (AvgIpc) is 3.11. The second kappa shape index (κ2) is 5.88. The first-order chi connectivity index (χ1) is 9.08. The molecule has 0 amide bonds. The highest BCUT2D eigenvalue weighted by molar-refractivity contribution is 7.17. The van der Waals surface area contributed by atoms with Crippen LogP contribution in [0, 0.1) is 0 Å². The smallest absolute Gasteiger partial charge is 0.347 e. The number of rotatable bonds is 7. The Hall–Kier alpha value is -1.14. The minimum atomic E-state index is -0.860. The summed E-state index contributed by atoms with van der Waals surface area (Å²) in [5.74, 6) is -0.506. The molecule has 1 unspecified atom stereocenters. The summed E-state index contributed by atoms with van der Waals surface area (Å²) in [6.45, 7) is 5.51. The zero-order chi connectivity index (χ0) is 14.0. The van der Waals surface area contributed by atoms with Gasteiger partial charge in [0.2, 0.25) is 0 Å². The third kappa shape index (κ3) is 3.06. The maximum atomic E-state index is 11.3. The Morgan fingerprint density at radius 3 is 2.79 bits per heavy atom. The molecule has 106 valence electrons. The number of hydrogen-bond donors (Lipinski definition) is 1. The van der Waals surface area contributed by atoms with Crippen molar-refractivity contribution in [2.75, 3.05) is 25.2 Å². The van der Waals surface area contributed by atoms with E-state index < -0.39 is 5.97 Å². The molecule has 1 fully saturated rings. The first-order valence-corrected chi connectivity index (χ1v) is 7.39. The van der Waals surface area contributed by atoms with Gasteiger partial charge in [-0.1, -0.05) is 11.3 Å². The predicted octanol–water partition coefficient (Wildman–Crippen LogP) is 2.58. The van der Waals surface area contributed by atoms with Gasteiger partial charge in [0, 0.05) is 19.6 Å². The Labute approximate surface area is 117 Å². The van der Waals surface area contributed by atoms with Crippen molar-refractivity contribution in [2.45, 2.75) is 38.6 Å². The van der Waals surface area contributed by atoms with E-state index in [1.54, 1.807) is 7.11 Å². The molecule has 1 aliphatic carbocycles. The summed E-state index contributed by atoms with van der Waals surface area (Å²) in [5, 5.41) is 10.1. The number of likely N-dealkylation sites (N-methyl/N-ethyl adjacent to an activating group) is 1. The summed E-state index contributed by atoms with van der Waals surface area (Å²) < 4.78 is 5.17. The first kappa shape index (κ1) is 14.3. The third-order valence-corrected chi connectivity index (χ3v) is 4.42. The highest BCUT2D eigenvalue weighted by atomic mass is 32.1. The van der Waals surface area contributed by atoms with E-state index in [2.05, 4.69) is 16.8 Å². The maximum Gasteiger partial charge on any atom is 0.347 e. The standard InChI is InChI=1S/C13H20N2O3S/c1-4-15(8(2)7-18-3)13-14-10(9-5-6-9)11(19-13)12(16)17/h8-9H,4-7H2,1-3H3,(H,16,17). The van der Waals surface area contributed by atoms with Gasteiger partial charge in [-0.25, -0.2) is 9.78 Å². The van der Waals surface area contributed by atoms with E-state index in [1.807, 2.05) is 6.92 Å². The quantitative estimate of drug-likeness (QED) is 0.833. The van der Waals surface area contributed by atoms with Gasteiger partial charge in [-0.15, -0.1) is 0 Å². The number of ether oxygens (including phenoxy) is 1. The Balaban J connectivity index is 2.27. The lowest BCUT2D eigenvalue weighted by molar-refractivity contribution is 0.0700. The summed E-state index contributed by atoms with van der Waals surface area (Å²) in [6, 6.07) is 0.190. The molecule has 2 rings (SSSR count). The molecule has 1 aliphatic rings. The first-order valence-electron chi connectivity index (χ1n) is 6.58. The molecule has 1 heterocycles. The van der Waals surface area contributed by atoms with Gasteiger partial charge in [-0.05, 0) is 26.7 Å². The van der Waals surface area contributed by atoms with Crippen molar-refractivity contribution in [2.24, 2.45) is 0 Å². The highest BCUT2D eigenvalue weighted by Gasteiger charge is 2.33. The van der Waals surface area contributed by atoms with Crippen molar-refractivity contribution in [3.63, 3.8) is 0 Å². The number of carbonyl (C=O) groups is 1. The molecule has 5 nitrogen and oxygen atoms in total. The third-order valence-electron chi connectivity index (χ3n) is 3.33. The van der Waals surface area contributed by atoms with Gasteiger partial charge in [-0.3, -0.25) is 0 Å². The minimum Gasteiger partial charge on any atom is -0.477 e. The normalized spacial score (nSPS) is 16.4. The summed E-state index contributed by atoms with van der Waals surface area (Å²) >= 11 is 1.28. The maximum absolute atomic E-state index is 11.3. The Bertz CT molecular complexity index is 457. The summed E-state index contributed by atoms with van der Waals surface area (Å²) in [6.07, 6.45) is 2.12. The van der Waals surface area contributed by atoms with Crippen LogP contribution in [0.15, 0.2) is 0 Å². The van der Waals surface area contributed by atoms with Crippen LogP contribution >= 0.6 is 11.3 Å². The molecule has 1 aromatic rings. The number of thiazole rings is 1. The average molecular weight is 284 g/mol. The molecule has 19 heavy (non-hydrogen) atoms. The molecule has 0 saturated heterocycles. The zero-order valence-electron chi connectivity index (χ0n) is 11.5. The van der Waals surface area contributed by atoms with E-state index in [-0.39, 0.29) is 6.04 Å². The van der Waals surface area contributed by atoms with E-state index >= 15 is 0 Å². The lowest BCUT2D eigenvalue weighted by Crippen LogP contribution is -2.36. The van der Waals surface area contributed by atoms with Crippen molar-refractivity contribution < 1.29 is 14.6 Å². The SMILES string of the molecule is CCN(c1nc(C2CC2)c(C(=O)O)s1)C(C)COC.